The Morgan fingerprint density at radius 1 is 1.31 bits per heavy atom. The van der Waals surface area contributed by atoms with Crippen molar-refractivity contribution in [1.82, 2.24) is 15.0 Å². The molecular weight excluding hydrogens is 334 g/mol. The number of amides is 1. The highest BCUT2D eigenvalue weighted by molar-refractivity contribution is 5.95. The van der Waals surface area contributed by atoms with Crippen LogP contribution in [0.15, 0.2) is 39.5 Å². The number of carbonyl (C=O) groups is 1. The lowest BCUT2D eigenvalue weighted by Crippen LogP contribution is -2.25. The summed E-state index contributed by atoms with van der Waals surface area (Å²) in [6, 6.07) is 7.41. The topological polar surface area (TPSA) is 82.4 Å². The number of rotatable bonds is 8. The van der Waals surface area contributed by atoms with Crippen LogP contribution in [0.5, 0.6) is 0 Å². The van der Waals surface area contributed by atoms with E-state index in [1.807, 2.05) is 49.6 Å². The van der Waals surface area contributed by atoms with E-state index in [-0.39, 0.29) is 5.91 Å². The quantitative estimate of drug-likeness (QED) is 0.625. The number of nitrogens with one attached hydrogen (secondary N) is 1. The van der Waals surface area contributed by atoms with Crippen LogP contribution in [0.4, 0.5) is 0 Å². The van der Waals surface area contributed by atoms with Crippen molar-refractivity contribution in [2.24, 2.45) is 0 Å². The van der Waals surface area contributed by atoms with Gasteiger partial charge in [0.05, 0.1) is 11.8 Å². The van der Waals surface area contributed by atoms with Crippen LogP contribution in [0, 0.1) is 20.8 Å². The largest absolute Gasteiger partial charge is 0.467 e. The molecule has 0 atom stereocenters. The number of hydrogen-bond donors (Lipinski definition) is 1. The lowest BCUT2D eigenvalue weighted by molar-refractivity contribution is 0.0916. The van der Waals surface area contributed by atoms with Crippen LogP contribution in [0.3, 0.4) is 0 Å². The molecular formula is C19H23N3O4. The molecule has 0 aromatic carbocycles. The van der Waals surface area contributed by atoms with Crippen LogP contribution in [0.1, 0.15) is 39.7 Å². The average molecular weight is 357 g/mol. The van der Waals surface area contributed by atoms with Gasteiger partial charge in [-0.3, -0.25) is 9.36 Å². The van der Waals surface area contributed by atoms with Gasteiger partial charge in [-0.1, -0.05) is 5.16 Å². The molecule has 26 heavy (non-hydrogen) atoms. The normalized spacial score (nSPS) is 11.0. The first kappa shape index (κ1) is 18.0. The summed E-state index contributed by atoms with van der Waals surface area (Å²) in [6.45, 7) is 7.22. The van der Waals surface area contributed by atoms with Crippen molar-refractivity contribution < 1.29 is 18.5 Å². The predicted octanol–water partition coefficient (Wildman–Crippen LogP) is 3.32. The number of aromatic nitrogens is 2. The van der Waals surface area contributed by atoms with Crippen LogP contribution >= 0.6 is 0 Å². The maximum atomic E-state index is 12.5. The maximum Gasteiger partial charge on any atom is 0.253 e. The van der Waals surface area contributed by atoms with Gasteiger partial charge in [-0.15, -0.1) is 0 Å². The summed E-state index contributed by atoms with van der Waals surface area (Å²) >= 11 is 0. The monoisotopic (exact) mass is 357 g/mol. The molecule has 0 radical (unpaired) electrons. The third kappa shape index (κ3) is 4.05. The molecule has 1 N–H and O–H groups in total. The minimum atomic E-state index is -0.101. The van der Waals surface area contributed by atoms with Crippen molar-refractivity contribution in [2.75, 3.05) is 13.2 Å². The Balaban J connectivity index is 1.50. The highest BCUT2D eigenvalue weighted by Gasteiger charge is 2.18. The summed E-state index contributed by atoms with van der Waals surface area (Å²) in [6.07, 6.45) is 2.35. The molecule has 138 valence electrons. The Labute approximate surface area is 151 Å². The molecule has 0 spiro atoms. The molecule has 0 aliphatic heterocycles. The van der Waals surface area contributed by atoms with Gasteiger partial charge in [-0.2, -0.15) is 0 Å². The van der Waals surface area contributed by atoms with Crippen molar-refractivity contribution in [1.29, 1.82) is 0 Å². The first-order valence-electron chi connectivity index (χ1n) is 8.57. The Kier molecular flexibility index (Phi) is 5.58. The molecule has 3 rings (SSSR count). The first-order chi connectivity index (χ1) is 12.6. The van der Waals surface area contributed by atoms with E-state index in [0.29, 0.717) is 31.1 Å². The van der Waals surface area contributed by atoms with E-state index in [9.17, 15) is 4.79 Å². The lowest BCUT2D eigenvalue weighted by atomic mass is 10.2. The molecule has 0 saturated heterocycles. The minimum absolute atomic E-state index is 0.101. The van der Waals surface area contributed by atoms with E-state index < -0.39 is 0 Å². The highest BCUT2D eigenvalue weighted by atomic mass is 16.5. The lowest BCUT2D eigenvalue weighted by Gasteiger charge is -2.07. The summed E-state index contributed by atoms with van der Waals surface area (Å²) in [5.74, 6) is 2.11. The first-order valence-corrected chi connectivity index (χ1v) is 8.57. The Morgan fingerprint density at radius 2 is 2.15 bits per heavy atom. The standard InChI is InChI=1S/C19H23N3O4/c1-13-10-17(15(3)22(13)18-11-14(2)26-21-18)19(23)20-7-5-8-24-12-16-6-4-9-25-16/h4,6,9-11H,5,7-8,12H2,1-3H3,(H,20,23). The Morgan fingerprint density at radius 3 is 2.85 bits per heavy atom. The molecule has 7 nitrogen and oxygen atoms in total. The second-order valence-corrected chi connectivity index (χ2v) is 6.16. The van der Waals surface area contributed by atoms with Crippen LogP contribution in [-0.2, 0) is 11.3 Å². The van der Waals surface area contributed by atoms with Gasteiger partial charge in [0.1, 0.15) is 18.1 Å². The second kappa shape index (κ2) is 8.05. The van der Waals surface area contributed by atoms with Crippen LogP contribution in [-0.4, -0.2) is 28.8 Å². The number of aryl methyl sites for hydroxylation is 2. The summed E-state index contributed by atoms with van der Waals surface area (Å²) in [7, 11) is 0. The smallest absolute Gasteiger partial charge is 0.253 e. The molecule has 1 amide bonds. The van der Waals surface area contributed by atoms with E-state index >= 15 is 0 Å². The fraction of sp³-hybridized carbons (Fsp3) is 0.368. The molecule has 3 aromatic rings. The predicted molar refractivity (Wildman–Crippen MR) is 95.4 cm³/mol. The van der Waals surface area contributed by atoms with Gasteiger partial charge in [0.15, 0.2) is 5.82 Å². The van der Waals surface area contributed by atoms with E-state index in [1.165, 1.54) is 0 Å². The third-order valence-corrected chi connectivity index (χ3v) is 4.10. The van der Waals surface area contributed by atoms with Gasteiger partial charge in [0, 0.05) is 30.6 Å². The van der Waals surface area contributed by atoms with Crippen LogP contribution in [0.25, 0.3) is 5.82 Å². The van der Waals surface area contributed by atoms with E-state index in [0.717, 1.165) is 29.3 Å². The van der Waals surface area contributed by atoms with Crippen LogP contribution < -0.4 is 5.32 Å². The van der Waals surface area contributed by atoms with Gasteiger partial charge in [0.25, 0.3) is 5.91 Å². The SMILES string of the molecule is Cc1cc(-n2c(C)cc(C(=O)NCCCOCc3ccco3)c2C)no1. The fourth-order valence-corrected chi connectivity index (χ4v) is 2.84. The van der Waals surface area contributed by atoms with Crippen molar-refractivity contribution in [3.63, 3.8) is 0 Å². The summed E-state index contributed by atoms with van der Waals surface area (Å²) in [5, 5.41) is 6.96. The van der Waals surface area contributed by atoms with E-state index in [4.69, 9.17) is 13.7 Å². The molecule has 3 aromatic heterocycles. The molecule has 0 unspecified atom stereocenters. The minimum Gasteiger partial charge on any atom is -0.467 e. The summed E-state index contributed by atoms with van der Waals surface area (Å²) in [5.41, 5.74) is 2.41. The van der Waals surface area contributed by atoms with Crippen molar-refractivity contribution in [3.8, 4) is 5.82 Å². The molecule has 0 bridgehead atoms. The second-order valence-electron chi connectivity index (χ2n) is 6.16. The molecule has 0 fully saturated rings. The zero-order chi connectivity index (χ0) is 18.5. The zero-order valence-corrected chi connectivity index (χ0v) is 15.2. The Hall–Kier alpha value is -2.80. The zero-order valence-electron chi connectivity index (χ0n) is 15.2. The molecule has 0 aliphatic rings. The van der Waals surface area contributed by atoms with Gasteiger partial charge < -0.3 is 19.0 Å². The van der Waals surface area contributed by atoms with Gasteiger partial charge >= 0.3 is 0 Å². The maximum absolute atomic E-state index is 12.5. The number of nitrogens with zero attached hydrogens (tertiary/aromatic N) is 2. The third-order valence-electron chi connectivity index (χ3n) is 4.10. The van der Waals surface area contributed by atoms with Crippen molar-refractivity contribution in [3.05, 3.63) is 59.0 Å². The van der Waals surface area contributed by atoms with E-state index in [1.54, 1.807) is 6.26 Å². The number of ether oxygens (including phenoxy) is 1. The van der Waals surface area contributed by atoms with Crippen LogP contribution in [0.2, 0.25) is 0 Å². The van der Waals surface area contributed by atoms with Crippen molar-refractivity contribution >= 4 is 5.91 Å². The summed E-state index contributed by atoms with van der Waals surface area (Å²) in [4.78, 5) is 12.5. The molecule has 0 saturated carbocycles. The number of furan rings is 1. The van der Waals surface area contributed by atoms with Gasteiger partial charge in [-0.25, -0.2) is 0 Å². The number of carbonyl (C=O) groups excluding carboxylic acids is 1. The van der Waals surface area contributed by atoms with Crippen molar-refractivity contribution in [2.45, 2.75) is 33.8 Å². The Bertz CT molecular complexity index is 862. The highest BCUT2D eigenvalue weighted by Crippen LogP contribution is 2.20. The molecule has 3 heterocycles. The summed E-state index contributed by atoms with van der Waals surface area (Å²) < 4.78 is 17.7. The van der Waals surface area contributed by atoms with Gasteiger partial charge in [-0.05, 0) is 45.4 Å². The number of hydrogen-bond acceptors (Lipinski definition) is 5. The van der Waals surface area contributed by atoms with E-state index in [2.05, 4.69) is 10.5 Å². The average Bonchev–Trinajstić information content (AvgIpc) is 3.32. The molecule has 0 aliphatic carbocycles. The molecule has 7 heteroatoms. The fourth-order valence-electron chi connectivity index (χ4n) is 2.84. The van der Waals surface area contributed by atoms with Gasteiger partial charge in [0.2, 0.25) is 0 Å².